The van der Waals surface area contributed by atoms with Gasteiger partial charge < -0.3 is 15.8 Å². The van der Waals surface area contributed by atoms with Crippen molar-refractivity contribution < 1.29 is 4.74 Å². The van der Waals surface area contributed by atoms with Crippen molar-refractivity contribution in [3.05, 3.63) is 71.2 Å². The van der Waals surface area contributed by atoms with Crippen molar-refractivity contribution in [3.63, 3.8) is 0 Å². The van der Waals surface area contributed by atoms with E-state index in [2.05, 4.69) is 15.3 Å². The van der Waals surface area contributed by atoms with Gasteiger partial charge in [-0.1, -0.05) is 48.0 Å². The van der Waals surface area contributed by atoms with E-state index >= 15 is 0 Å². The molecule has 116 valence electrons. The molecule has 1 heterocycles. The topological polar surface area (TPSA) is 73.1 Å². The molecule has 0 spiro atoms. The monoisotopic (exact) mass is 326 g/mol. The van der Waals surface area contributed by atoms with Crippen LogP contribution in [0.1, 0.15) is 5.56 Å². The smallest absolute Gasteiger partial charge is 0.228 e. The zero-order valence-electron chi connectivity index (χ0n) is 12.2. The Bertz CT molecular complexity index is 796. The molecule has 3 aromatic rings. The fraction of sp³-hybridized carbons (Fsp3) is 0.0588. The first-order valence-electron chi connectivity index (χ1n) is 7.05. The Morgan fingerprint density at radius 2 is 1.83 bits per heavy atom. The summed E-state index contributed by atoms with van der Waals surface area (Å²) in [5.41, 5.74) is 6.94. The van der Waals surface area contributed by atoms with Crippen molar-refractivity contribution >= 4 is 23.4 Å². The van der Waals surface area contributed by atoms with Gasteiger partial charge in [0.2, 0.25) is 11.8 Å². The lowest BCUT2D eigenvalue weighted by Crippen LogP contribution is -2.06. The Hall–Kier alpha value is -2.79. The van der Waals surface area contributed by atoms with Gasteiger partial charge in [0.05, 0.1) is 0 Å². The van der Waals surface area contributed by atoms with E-state index in [4.69, 9.17) is 22.1 Å². The van der Waals surface area contributed by atoms with E-state index in [1.165, 1.54) is 0 Å². The first-order chi connectivity index (χ1) is 11.2. The van der Waals surface area contributed by atoms with Crippen molar-refractivity contribution in [1.29, 1.82) is 0 Å². The van der Waals surface area contributed by atoms with E-state index in [0.717, 1.165) is 5.56 Å². The van der Waals surface area contributed by atoms with Crippen molar-refractivity contribution in [2.45, 2.75) is 6.54 Å². The maximum atomic E-state index is 5.94. The molecule has 0 amide bonds. The second-order valence-corrected chi connectivity index (χ2v) is 5.29. The maximum absolute atomic E-state index is 5.94. The summed E-state index contributed by atoms with van der Waals surface area (Å²) in [7, 11) is 0. The summed E-state index contributed by atoms with van der Waals surface area (Å²) >= 11 is 5.94. The number of hydrogen-bond donors (Lipinski definition) is 2. The third-order valence-corrected chi connectivity index (χ3v) is 3.27. The number of rotatable bonds is 5. The molecule has 1 aromatic heterocycles. The standard InChI is InChI=1S/C17H15ClN4O/c18-13-7-4-8-14(9-13)23-16-10-15(19)21-17(22-16)20-11-12-5-2-1-3-6-12/h1-10H,11H2,(H3,19,20,21,22). The van der Waals surface area contributed by atoms with Gasteiger partial charge in [-0.3, -0.25) is 0 Å². The summed E-state index contributed by atoms with van der Waals surface area (Å²) in [6.07, 6.45) is 0. The van der Waals surface area contributed by atoms with Gasteiger partial charge in [-0.05, 0) is 23.8 Å². The van der Waals surface area contributed by atoms with Crippen LogP contribution in [0.4, 0.5) is 11.8 Å². The predicted octanol–water partition coefficient (Wildman–Crippen LogP) is 4.12. The number of benzene rings is 2. The van der Waals surface area contributed by atoms with Gasteiger partial charge >= 0.3 is 0 Å². The van der Waals surface area contributed by atoms with Gasteiger partial charge in [0.15, 0.2) is 0 Å². The quantitative estimate of drug-likeness (QED) is 0.738. The second-order valence-electron chi connectivity index (χ2n) is 4.85. The van der Waals surface area contributed by atoms with Crippen LogP contribution in [0, 0.1) is 0 Å². The van der Waals surface area contributed by atoms with E-state index in [9.17, 15) is 0 Å². The van der Waals surface area contributed by atoms with Gasteiger partial charge in [0.1, 0.15) is 11.6 Å². The van der Waals surface area contributed by atoms with Gasteiger partial charge in [-0.15, -0.1) is 0 Å². The molecule has 0 aliphatic heterocycles. The normalized spacial score (nSPS) is 10.3. The molecule has 0 fully saturated rings. The number of nitrogen functional groups attached to an aromatic ring is 1. The zero-order chi connectivity index (χ0) is 16.1. The lowest BCUT2D eigenvalue weighted by molar-refractivity contribution is 0.463. The average molecular weight is 327 g/mol. The Morgan fingerprint density at radius 3 is 2.61 bits per heavy atom. The first kappa shape index (κ1) is 15.1. The van der Waals surface area contributed by atoms with Gasteiger partial charge in [-0.2, -0.15) is 9.97 Å². The Kier molecular flexibility index (Phi) is 4.59. The first-order valence-corrected chi connectivity index (χ1v) is 7.42. The van der Waals surface area contributed by atoms with Gasteiger partial charge in [0.25, 0.3) is 0 Å². The fourth-order valence-electron chi connectivity index (χ4n) is 2.00. The number of ether oxygens (including phenoxy) is 1. The highest BCUT2D eigenvalue weighted by Gasteiger charge is 2.05. The van der Waals surface area contributed by atoms with Crippen molar-refractivity contribution in [1.82, 2.24) is 9.97 Å². The number of aromatic nitrogens is 2. The summed E-state index contributed by atoms with van der Waals surface area (Å²) < 4.78 is 5.68. The minimum atomic E-state index is 0.326. The lowest BCUT2D eigenvalue weighted by atomic mass is 10.2. The number of anilines is 2. The summed E-state index contributed by atoms with van der Waals surface area (Å²) in [5.74, 6) is 1.68. The number of nitrogens with one attached hydrogen (secondary N) is 1. The van der Waals surface area contributed by atoms with Crippen LogP contribution in [-0.2, 0) is 6.54 Å². The highest BCUT2D eigenvalue weighted by molar-refractivity contribution is 6.30. The Balaban J connectivity index is 1.73. The molecule has 0 saturated heterocycles. The van der Waals surface area contributed by atoms with E-state index < -0.39 is 0 Å². The van der Waals surface area contributed by atoms with E-state index in [0.29, 0.717) is 35.0 Å². The molecule has 0 unspecified atom stereocenters. The summed E-state index contributed by atoms with van der Waals surface area (Å²) in [4.78, 5) is 8.46. The summed E-state index contributed by atoms with van der Waals surface area (Å²) in [6.45, 7) is 0.598. The largest absolute Gasteiger partial charge is 0.439 e. The number of halogens is 1. The molecule has 0 aliphatic carbocycles. The van der Waals surface area contributed by atoms with Crippen molar-refractivity contribution in [2.24, 2.45) is 0 Å². The molecule has 0 aliphatic rings. The molecule has 0 saturated carbocycles. The molecular weight excluding hydrogens is 312 g/mol. The number of nitrogens with zero attached hydrogens (tertiary/aromatic N) is 2. The van der Waals surface area contributed by atoms with E-state index in [1.807, 2.05) is 30.3 Å². The molecule has 0 radical (unpaired) electrons. The van der Waals surface area contributed by atoms with Crippen molar-refractivity contribution in [2.75, 3.05) is 11.1 Å². The molecule has 5 nitrogen and oxygen atoms in total. The SMILES string of the molecule is Nc1cc(Oc2cccc(Cl)c2)nc(NCc2ccccc2)n1. The molecule has 2 aromatic carbocycles. The van der Waals surface area contributed by atoms with Crippen LogP contribution in [0.15, 0.2) is 60.7 Å². The maximum Gasteiger partial charge on any atom is 0.228 e. The predicted molar refractivity (Wildman–Crippen MR) is 91.7 cm³/mol. The lowest BCUT2D eigenvalue weighted by Gasteiger charge is -2.09. The van der Waals surface area contributed by atoms with Gasteiger partial charge in [-0.25, -0.2) is 0 Å². The Labute approximate surface area is 139 Å². The average Bonchev–Trinajstić information content (AvgIpc) is 2.53. The molecule has 0 atom stereocenters. The van der Waals surface area contributed by atoms with Crippen LogP contribution in [0.5, 0.6) is 11.6 Å². The number of nitrogens with two attached hydrogens (primary N) is 1. The summed E-state index contributed by atoms with van der Waals surface area (Å²) in [6, 6.07) is 18.6. The molecule has 23 heavy (non-hydrogen) atoms. The highest BCUT2D eigenvalue weighted by atomic mass is 35.5. The minimum absolute atomic E-state index is 0.326. The summed E-state index contributed by atoms with van der Waals surface area (Å²) in [5, 5.41) is 3.72. The zero-order valence-corrected chi connectivity index (χ0v) is 13.0. The minimum Gasteiger partial charge on any atom is -0.439 e. The van der Waals surface area contributed by atoms with Crippen LogP contribution >= 0.6 is 11.6 Å². The Morgan fingerprint density at radius 1 is 1.00 bits per heavy atom. The molecule has 3 N–H and O–H groups in total. The third kappa shape index (κ3) is 4.34. The van der Waals surface area contributed by atoms with Crippen LogP contribution < -0.4 is 15.8 Å². The van der Waals surface area contributed by atoms with Crippen LogP contribution in [0.25, 0.3) is 0 Å². The van der Waals surface area contributed by atoms with E-state index in [1.54, 1.807) is 30.3 Å². The fourth-order valence-corrected chi connectivity index (χ4v) is 2.18. The molecule has 3 rings (SSSR count). The third-order valence-electron chi connectivity index (χ3n) is 3.03. The number of hydrogen-bond acceptors (Lipinski definition) is 5. The second kappa shape index (κ2) is 6.98. The molecular formula is C17H15ClN4O. The van der Waals surface area contributed by atoms with Gasteiger partial charge in [0, 0.05) is 17.6 Å². The molecule has 6 heteroatoms. The van der Waals surface area contributed by atoms with Crippen LogP contribution in [-0.4, -0.2) is 9.97 Å². The van der Waals surface area contributed by atoms with Crippen LogP contribution in [0.2, 0.25) is 5.02 Å². The van der Waals surface area contributed by atoms with Crippen molar-refractivity contribution in [3.8, 4) is 11.6 Å². The van der Waals surface area contributed by atoms with Crippen LogP contribution in [0.3, 0.4) is 0 Å². The molecule has 0 bridgehead atoms. The van der Waals surface area contributed by atoms with E-state index in [-0.39, 0.29) is 0 Å². The highest BCUT2D eigenvalue weighted by Crippen LogP contribution is 2.24.